The summed E-state index contributed by atoms with van der Waals surface area (Å²) < 4.78 is 13.7. The topological polar surface area (TPSA) is 116 Å². The minimum absolute atomic E-state index is 0.667. The van der Waals surface area contributed by atoms with Crippen molar-refractivity contribution in [3.8, 4) is 0 Å². The predicted octanol–water partition coefficient (Wildman–Crippen LogP) is -0.114. The summed E-state index contributed by atoms with van der Waals surface area (Å²) in [7, 11) is 0. The lowest BCUT2D eigenvalue weighted by Crippen LogP contribution is -2.35. The van der Waals surface area contributed by atoms with Crippen molar-refractivity contribution < 1.29 is 38.5 Å². The van der Waals surface area contributed by atoms with E-state index in [1.165, 1.54) is 13.8 Å². The third kappa shape index (κ3) is 6.39. The second kappa shape index (κ2) is 7.34. The van der Waals surface area contributed by atoms with E-state index in [1.807, 2.05) is 0 Å². The van der Waals surface area contributed by atoms with Gasteiger partial charge in [-0.15, -0.1) is 0 Å². The molecule has 8 heteroatoms. The molecule has 0 bridgehead atoms. The molecule has 0 spiro atoms. The third-order valence-electron chi connectivity index (χ3n) is 1.94. The molecule has 3 atom stereocenters. The lowest BCUT2D eigenvalue weighted by atomic mass is 10.3. The van der Waals surface area contributed by atoms with Crippen LogP contribution in [0.15, 0.2) is 0 Å². The molecule has 0 aromatic rings. The van der Waals surface area contributed by atoms with Crippen molar-refractivity contribution in [2.45, 2.75) is 46.0 Å². The molecule has 0 radical (unpaired) electrons. The standard InChI is InChI=1S/C11H16O8/c1-5(9(13)14)18-11(16)7(3)19-10(15)6(2)17-8(4)12/h5-7H,1-4H3,(H,13,14)/t5-,6-,7-/m1/s1. The number of carboxylic acid groups (broad SMARTS) is 1. The molecule has 0 fully saturated rings. The molecule has 8 nitrogen and oxygen atoms in total. The lowest BCUT2D eigenvalue weighted by molar-refractivity contribution is -0.180. The van der Waals surface area contributed by atoms with Crippen molar-refractivity contribution in [3.05, 3.63) is 0 Å². The molecule has 0 saturated heterocycles. The van der Waals surface area contributed by atoms with E-state index in [0.717, 1.165) is 13.8 Å². The van der Waals surface area contributed by atoms with Crippen LogP contribution in [0.25, 0.3) is 0 Å². The van der Waals surface area contributed by atoms with Gasteiger partial charge >= 0.3 is 23.9 Å². The van der Waals surface area contributed by atoms with Crippen LogP contribution in [-0.4, -0.2) is 47.3 Å². The molecule has 0 saturated carbocycles. The summed E-state index contributed by atoms with van der Waals surface area (Å²) in [5, 5.41) is 8.54. The van der Waals surface area contributed by atoms with Gasteiger partial charge in [0.25, 0.3) is 0 Å². The van der Waals surface area contributed by atoms with Crippen LogP contribution in [0.3, 0.4) is 0 Å². The van der Waals surface area contributed by atoms with Crippen molar-refractivity contribution in [3.63, 3.8) is 0 Å². The average molecular weight is 276 g/mol. The number of carbonyl (C=O) groups excluding carboxylic acids is 3. The number of aliphatic carboxylic acids is 1. The quantitative estimate of drug-likeness (QED) is 0.527. The highest BCUT2D eigenvalue weighted by Crippen LogP contribution is 2.03. The SMILES string of the molecule is CC(=O)O[C@H](C)C(=O)O[C@H](C)C(=O)O[C@H](C)C(=O)O. The molecule has 0 amide bonds. The van der Waals surface area contributed by atoms with E-state index < -0.39 is 42.2 Å². The van der Waals surface area contributed by atoms with Gasteiger partial charge in [0, 0.05) is 6.92 Å². The summed E-state index contributed by atoms with van der Waals surface area (Å²) in [6, 6.07) is 0. The molecule has 108 valence electrons. The Labute approximate surface area is 109 Å². The van der Waals surface area contributed by atoms with Crippen LogP contribution in [0.1, 0.15) is 27.7 Å². The molecule has 0 rings (SSSR count). The first-order valence-corrected chi connectivity index (χ1v) is 5.46. The van der Waals surface area contributed by atoms with Gasteiger partial charge in [0.2, 0.25) is 0 Å². The van der Waals surface area contributed by atoms with Gasteiger partial charge < -0.3 is 19.3 Å². The fourth-order valence-corrected chi connectivity index (χ4v) is 0.936. The first kappa shape index (κ1) is 16.9. The molecule has 0 aliphatic heterocycles. The first-order chi connectivity index (χ1) is 8.65. The van der Waals surface area contributed by atoms with Gasteiger partial charge in [0.15, 0.2) is 18.3 Å². The highest BCUT2D eigenvalue weighted by molar-refractivity contribution is 5.84. The fourth-order valence-electron chi connectivity index (χ4n) is 0.936. The second-order valence-electron chi connectivity index (χ2n) is 3.75. The van der Waals surface area contributed by atoms with Gasteiger partial charge in [0.05, 0.1) is 0 Å². The second-order valence-corrected chi connectivity index (χ2v) is 3.75. The number of rotatable bonds is 6. The van der Waals surface area contributed by atoms with E-state index in [1.54, 1.807) is 0 Å². The Morgan fingerprint density at radius 2 is 1.16 bits per heavy atom. The van der Waals surface area contributed by atoms with Crippen molar-refractivity contribution in [2.75, 3.05) is 0 Å². The summed E-state index contributed by atoms with van der Waals surface area (Å²) in [4.78, 5) is 43.8. The number of hydrogen-bond donors (Lipinski definition) is 1. The Hall–Kier alpha value is -2.12. The van der Waals surface area contributed by atoms with Crippen molar-refractivity contribution in [1.29, 1.82) is 0 Å². The lowest BCUT2D eigenvalue weighted by Gasteiger charge is -2.17. The van der Waals surface area contributed by atoms with E-state index in [-0.39, 0.29) is 0 Å². The molecule has 0 aliphatic carbocycles. The van der Waals surface area contributed by atoms with E-state index in [9.17, 15) is 19.2 Å². The van der Waals surface area contributed by atoms with Crippen molar-refractivity contribution in [2.24, 2.45) is 0 Å². The molecular weight excluding hydrogens is 260 g/mol. The number of carbonyl (C=O) groups is 4. The van der Waals surface area contributed by atoms with Gasteiger partial charge in [-0.2, -0.15) is 0 Å². The Morgan fingerprint density at radius 1 is 0.789 bits per heavy atom. The van der Waals surface area contributed by atoms with Gasteiger partial charge in [0.1, 0.15) is 0 Å². The first-order valence-electron chi connectivity index (χ1n) is 5.46. The van der Waals surface area contributed by atoms with Crippen LogP contribution in [0.4, 0.5) is 0 Å². The van der Waals surface area contributed by atoms with E-state index in [0.29, 0.717) is 0 Å². The number of hydrogen-bond acceptors (Lipinski definition) is 7. The van der Waals surface area contributed by atoms with E-state index in [2.05, 4.69) is 14.2 Å². The number of ether oxygens (including phenoxy) is 3. The summed E-state index contributed by atoms with van der Waals surface area (Å²) in [5.74, 6) is -3.92. The molecule has 19 heavy (non-hydrogen) atoms. The molecule has 0 aliphatic rings. The Morgan fingerprint density at radius 3 is 1.53 bits per heavy atom. The van der Waals surface area contributed by atoms with Crippen LogP contribution in [0.2, 0.25) is 0 Å². The Bertz CT molecular complexity index is 375. The van der Waals surface area contributed by atoms with Crippen LogP contribution in [-0.2, 0) is 33.4 Å². The average Bonchev–Trinajstić information content (AvgIpc) is 2.27. The predicted molar refractivity (Wildman–Crippen MR) is 60.0 cm³/mol. The summed E-state index contributed by atoms with van der Waals surface area (Å²) in [5.41, 5.74) is 0. The molecule has 0 heterocycles. The van der Waals surface area contributed by atoms with Crippen LogP contribution in [0, 0.1) is 0 Å². The molecule has 1 N–H and O–H groups in total. The number of carboxylic acids is 1. The molecule has 0 aromatic heterocycles. The van der Waals surface area contributed by atoms with Gasteiger partial charge in [-0.3, -0.25) is 4.79 Å². The maximum atomic E-state index is 11.4. The van der Waals surface area contributed by atoms with Gasteiger partial charge in [-0.1, -0.05) is 0 Å². The maximum absolute atomic E-state index is 11.4. The highest BCUT2D eigenvalue weighted by atomic mass is 16.6. The Kier molecular flexibility index (Phi) is 6.53. The smallest absolute Gasteiger partial charge is 0.347 e. The summed E-state index contributed by atoms with van der Waals surface area (Å²) in [6.07, 6.45) is -3.81. The zero-order valence-electron chi connectivity index (χ0n) is 11.0. The monoisotopic (exact) mass is 276 g/mol. The number of esters is 3. The molecule has 0 aromatic carbocycles. The Balaban J connectivity index is 4.32. The van der Waals surface area contributed by atoms with Crippen LogP contribution in [0.5, 0.6) is 0 Å². The zero-order chi connectivity index (χ0) is 15.2. The minimum atomic E-state index is -1.35. The van der Waals surface area contributed by atoms with E-state index >= 15 is 0 Å². The molecular formula is C11H16O8. The fraction of sp³-hybridized carbons (Fsp3) is 0.636. The largest absolute Gasteiger partial charge is 0.479 e. The van der Waals surface area contributed by atoms with E-state index in [4.69, 9.17) is 5.11 Å². The maximum Gasteiger partial charge on any atom is 0.347 e. The third-order valence-corrected chi connectivity index (χ3v) is 1.94. The molecule has 0 unspecified atom stereocenters. The highest BCUT2D eigenvalue weighted by Gasteiger charge is 2.27. The van der Waals surface area contributed by atoms with Crippen molar-refractivity contribution in [1.82, 2.24) is 0 Å². The summed E-state index contributed by atoms with van der Waals surface area (Å²) in [6.45, 7) is 4.78. The van der Waals surface area contributed by atoms with Gasteiger partial charge in [-0.05, 0) is 20.8 Å². The minimum Gasteiger partial charge on any atom is -0.479 e. The normalized spacial score (nSPS) is 14.7. The zero-order valence-corrected chi connectivity index (χ0v) is 11.0. The van der Waals surface area contributed by atoms with Crippen LogP contribution < -0.4 is 0 Å². The van der Waals surface area contributed by atoms with Crippen LogP contribution >= 0.6 is 0 Å². The summed E-state index contributed by atoms with van der Waals surface area (Å²) >= 11 is 0. The van der Waals surface area contributed by atoms with Crippen molar-refractivity contribution >= 4 is 23.9 Å². The van der Waals surface area contributed by atoms with Gasteiger partial charge in [-0.25, -0.2) is 14.4 Å².